The molecule has 11 heavy (non-hydrogen) atoms. The van der Waals surface area contributed by atoms with Crippen LogP contribution < -0.4 is 0 Å². The summed E-state index contributed by atoms with van der Waals surface area (Å²) >= 11 is 0. The van der Waals surface area contributed by atoms with Gasteiger partial charge in [-0.05, 0) is 6.42 Å². The van der Waals surface area contributed by atoms with Gasteiger partial charge in [0.05, 0.1) is 0 Å². The SMILES string of the molecule is CCCCN(CC)S(=O)(=O)Cl. The lowest BCUT2D eigenvalue weighted by Crippen LogP contribution is -2.27. The molecule has 0 aromatic heterocycles. The molecule has 0 fully saturated rings. The van der Waals surface area contributed by atoms with E-state index in [9.17, 15) is 8.42 Å². The van der Waals surface area contributed by atoms with E-state index in [2.05, 4.69) is 0 Å². The van der Waals surface area contributed by atoms with Crippen LogP contribution in [0.1, 0.15) is 26.7 Å². The third-order valence-electron chi connectivity index (χ3n) is 1.42. The van der Waals surface area contributed by atoms with Crippen LogP contribution in [0.4, 0.5) is 0 Å². The minimum atomic E-state index is -3.48. The second-order valence-corrected chi connectivity index (χ2v) is 4.80. The van der Waals surface area contributed by atoms with E-state index in [-0.39, 0.29) is 0 Å². The van der Waals surface area contributed by atoms with Crippen molar-refractivity contribution in [1.29, 1.82) is 0 Å². The second kappa shape index (κ2) is 4.95. The number of hydrogen-bond acceptors (Lipinski definition) is 2. The minimum absolute atomic E-state index is 0.450. The summed E-state index contributed by atoms with van der Waals surface area (Å²) in [6, 6.07) is 0. The molecule has 0 radical (unpaired) electrons. The van der Waals surface area contributed by atoms with E-state index in [1.54, 1.807) is 6.92 Å². The molecule has 0 saturated carbocycles. The molecule has 0 spiro atoms. The van der Waals surface area contributed by atoms with Crippen LogP contribution in [0.3, 0.4) is 0 Å². The maximum absolute atomic E-state index is 10.8. The third-order valence-corrected chi connectivity index (χ3v) is 3.07. The molecule has 0 aromatic carbocycles. The maximum Gasteiger partial charge on any atom is 0.299 e. The first-order chi connectivity index (χ1) is 5.02. The lowest BCUT2D eigenvalue weighted by atomic mass is 10.3. The summed E-state index contributed by atoms with van der Waals surface area (Å²) in [5.41, 5.74) is 0. The zero-order valence-electron chi connectivity index (χ0n) is 6.88. The van der Waals surface area contributed by atoms with Crippen LogP contribution in [0.5, 0.6) is 0 Å². The van der Waals surface area contributed by atoms with Crippen LogP contribution in [0.15, 0.2) is 0 Å². The third kappa shape index (κ3) is 4.61. The Kier molecular flexibility index (Phi) is 5.04. The average molecular weight is 200 g/mol. The van der Waals surface area contributed by atoms with Crippen LogP contribution in [0.2, 0.25) is 0 Å². The van der Waals surface area contributed by atoms with Crippen molar-refractivity contribution in [2.45, 2.75) is 26.7 Å². The summed E-state index contributed by atoms with van der Waals surface area (Å²) in [5, 5.41) is 0. The lowest BCUT2D eigenvalue weighted by Gasteiger charge is -2.14. The molecule has 0 unspecified atom stereocenters. The summed E-state index contributed by atoms with van der Waals surface area (Å²) in [7, 11) is 1.65. The Morgan fingerprint density at radius 1 is 1.36 bits per heavy atom. The fourth-order valence-electron chi connectivity index (χ4n) is 0.756. The summed E-state index contributed by atoms with van der Waals surface area (Å²) in [6.07, 6.45) is 1.84. The summed E-state index contributed by atoms with van der Waals surface area (Å²) < 4.78 is 22.8. The van der Waals surface area contributed by atoms with Gasteiger partial charge in [-0.2, -0.15) is 12.7 Å². The summed E-state index contributed by atoms with van der Waals surface area (Å²) in [4.78, 5) is 0. The van der Waals surface area contributed by atoms with Crippen molar-refractivity contribution < 1.29 is 8.42 Å². The molecule has 0 atom stereocenters. The molecular formula is C6H14ClNO2S. The Labute approximate surface area is 72.9 Å². The molecule has 0 aliphatic rings. The highest BCUT2D eigenvalue weighted by Crippen LogP contribution is 2.06. The minimum Gasteiger partial charge on any atom is -0.195 e. The van der Waals surface area contributed by atoms with Gasteiger partial charge < -0.3 is 0 Å². The lowest BCUT2D eigenvalue weighted by molar-refractivity contribution is 0.429. The van der Waals surface area contributed by atoms with E-state index in [4.69, 9.17) is 10.7 Å². The first-order valence-electron chi connectivity index (χ1n) is 3.72. The predicted molar refractivity (Wildman–Crippen MR) is 46.9 cm³/mol. The van der Waals surface area contributed by atoms with Crippen molar-refractivity contribution in [1.82, 2.24) is 4.31 Å². The van der Waals surface area contributed by atoms with Gasteiger partial charge in [-0.1, -0.05) is 20.3 Å². The van der Waals surface area contributed by atoms with Gasteiger partial charge in [-0.3, -0.25) is 0 Å². The highest BCUT2D eigenvalue weighted by Gasteiger charge is 2.15. The van der Waals surface area contributed by atoms with E-state index in [0.29, 0.717) is 13.1 Å². The number of hydrogen-bond donors (Lipinski definition) is 0. The summed E-state index contributed by atoms with van der Waals surface area (Å²) in [5.74, 6) is 0. The van der Waals surface area contributed by atoms with Gasteiger partial charge in [0.2, 0.25) is 0 Å². The zero-order valence-corrected chi connectivity index (χ0v) is 8.45. The van der Waals surface area contributed by atoms with Gasteiger partial charge in [0, 0.05) is 23.8 Å². The second-order valence-electron chi connectivity index (χ2n) is 2.29. The van der Waals surface area contributed by atoms with Gasteiger partial charge in [-0.25, -0.2) is 0 Å². The van der Waals surface area contributed by atoms with Crippen molar-refractivity contribution >= 4 is 19.9 Å². The molecule has 0 amide bonds. The molecule has 0 rings (SSSR count). The fourth-order valence-corrected chi connectivity index (χ4v) is 1.91. The van der Waals surface area contributed by atoms with Gasteiger partial charge in [-0.15, -0.1) is 0 Å². The molecule has 0 saturated heterocycles. The Bertz CT molecular complexity index is 191. The topological polar surface area (TPSA) is 37.4 Å². The van der Waals surface area contributed by atoms with E-state index in [0.717, 1.165) is 12.8 Å². The zero-order chi connectivity index (χ0) is 8.91. The highest BCUT2D eigenvalue weighted by molar-refractivity contribution is 8.11. The Morgan fingerprint density at radius 2 is 1.91 bits per heavy atom. The van der Waals surface area contributed by atoms with E-state index in [1.165, 1.54) is 4.31 Å². The maximum atomic E-state index is 10.8. The largest absolute Gasteiger partial charge is 0.299 e. The normalized spacial score (nSPS) is 12.4. The molecule has 0 heterocycles. The van der Waals surface area contributed by atoms with Crippen LogP contribution in [0, 0.1) is 0 Å². The highest BCUT2D eigenvalue weighted by atomic mass is 35.7. The molecule has 0 aliphatic carbocycles. The quantitative estimate of drug-likeness (QED) is 0.631. The van der Waals surface area contributed by atoms with Gasteiger partial charge in [0.15, 0.2) is 0 Å². The number of halogens is 1. The Balaban J connectivity index is 3.97. The molecule has 5 heteroatoms. The molecule has 3 nitrogen and oxygen atoms in total. The van der Waals surface area contributed by atoms with Gasteiger partial charge in [0.1, 0.15) is 0 Å². The van der Waals surface area contributed by atoms with E-state index in [1.807, 2.05) is 6.92 Å². The van der Waals surface area contributed by atoms with Crippen LogP contribution in [0.25, 0.3) is 0 Å². The molecule has 0 aliphatic heterocycles. The smallest absolute Gasteiger partial charge is 0.195 e. The van der Waals surface area contributed by atoms with E-state index >= 15 is 0 Å². The van der Waals surface area contributed by atoms with Crippen LogP contribution in [-0.2, 0) is 9.24 Å². The Hall–Kier alpha value is 0.200. The van der Waals surface area contributed by atoms with Crippen molar-refractivity contribution in [3.8, 4) is 0 Å². The van der Waals surface area contributed by atoms with Crippen molar-refractivity contribution in [2.24, 2.45) is 0 Å². The number of unbranched alkanes of at least 4 members (excludes halogenated alkanes) is 1. The van der Waals surface area contributed by atoms with Crippen molar-refractivity contribution in [3.05, 3.63) is 0 Å². The van der Waals surface area contributed by atoms with Gasteiger partial charge >= 0.3 is 0 Å². The molecular weight excluding hydrogens is 186 g/mol. The fraction of sp³-hybridized carbons (Fsp3) is 1.00. The Morgan fingerprint density at radius 3 is 2.18 bits per heavy atom. The molecule has 0 bridgehead atoms. The molecule has 68 valence electrons. The predicted octanol–water partition coefficient (Wildman–Crippen LogP) is 1.59. The standard InChI is InChI=1S/C6H14ClNO2S/c1-3-5-6-8(4-2)11(7,9)10/h3-6H2,1-2H3. The van der Waals surface area contributed by atoms with Gasteiger partial charge in [0.25, 0.3) is 9.24 Å². The molecule has 0 aromatic rings. The first-order valence-corrected chi connectivity index (χ1v) is 5.98. The van der Waals surface area contributed by atoms with Crippen LogP contribution >= 0.6 is 10.7 Å². The average Bonchev–Trinajstić information content (AvgIpc) is 1.87. The first kappa shape index (κ1) is 11.2. The van der Waals surface area contributed by atoms with Crippen LogP contribution in [-0.4, -0.2) is 25.8 Å². The molecule has 0 N–H and O–H groups in total. The summed E-state index contributed by atoms with van der Waals surface area (Å²) in [6.45, 7) is 4.76. The number of nitrogens with zero attached hydrogens (tertiary/aromatic N) is 1. The monoisotopic (exact) mass is 199 g/mol. The van der Waals surface area contributed by atoms with E-state index < -0.39 is 9.24 Å². The van der Waals surface area contributed by atoms with Crippen molar-refractivity contribution in [2.75, 3.05) is 13.1 Å². The van der Waals surface area contributed by atoms with Crippen molar-refractivity contribution in [3.63, 3.8) is 0 Å². The number of rotatable bonds is 5.